The van der Waals surface area contributed by atoms with E-state index in [1.807, 2.05) is 66.7 Å². The Morgan fingerprint density at radius 1 is 0.441 bits per heavy atom. The Hall–Kier alpha value is -5.88. The quantitative estimate of drug-likeness (QED) is 0.100. The lowest BCUT2D eigenvalue weighted by Crippen LogP contribution is -2.26. The first-order chi connectivity index (χ1) is 28.7. The molecule has 2 unspecified atom stereocenters. The molecule has 284 valence electrons. The van der Waals surface area contributed by atoms with Crippen LogP contribution in [-0.4, -0.2) is 4.57 Å². The maximum Gasteiger partial charge on any atom is 0.301 e. The number of alkyl halides is 1. The summed E-state index contributed by atoms with van der Waals surface area (Å²) in [4.78, 5) is 0. The van der Waals surface area contributed by atoms with E-state index in [0.29, 0.717) is 0 Å². The molecule has 2 atom stereocenters. The molecule has 0 fully saturated rings. The summed E-state index contributed by atoms with van der Waals surface area (Å²) in [6.45, 7) is 7.06. The first-order valence-corrected chi connectivity index (χ1v) is 22.9. The van der Waals surface area contributed by atoms with Gasteiger partial charge in [-0.2, -0.15) is 0 Å². The van der Waals surface area contributed by atoms with Crippen LogP contribution in [0.15, 0.2) is 182 Å². The molecule has 1 aliphatic heterocycles. The third-order valence-corrected chi connectivity index (χ3v) is 17.3. The fraction of sp³-hybridized carbons (Fsp3) is 0.0943. The van der Waals surface area contributed by atoms with Crippen LogP contribution in [0.2, 0.25) is 0 Å². The van der Waals surface area contributed by atoms with Gasteiger partial charge in [0.15, 0.2) is 0 Å². The molecule has 0 bridgehead atoms. The van der Waals surface area contributed by atoms with Crippen molar-refractivity contribution in [2.24, 2.45) is 0 Å². The van der Waals surface area contributed by atoms with Crippen LogP contribution in [0.5, 0.6) is 0 Å². The van der Waals surface area contributed by atoms with E-state index in [0.717, 1.165) is 33.7 Å². The molecule has 0 saturated heterocycles. The van der Waals surface area contributed by atoms with Crippen LogP contribution in [0.3, 0.4) is 0 Å². The van der Waals surface area contributed by atoms with Crippen molar-refractivity contribution in [1.82, 2.24) is 4.57 Å². The van der Waals surface area contributed by atoms with E-state index < -0.39 is 7.44 Å². The van der Waals surface area contributed by atoms with E-state index in [1.54, 1.807) is 0 Å². The van der Waals surface area contributed by atoms with Crippen molar-refractivity contribution in [3.05, 3.63) is 204 Å². The fourth-order valence-corrected chi connectivity index (χ4v) is 14.3. The number of aromatic nitrogens is 1. The number of nitrogens with zero attached hydrogens (tertiary/aromatic N) is 3. The molecule has 0 N–H and O–H groups in total. The van der Waals surface area contributed by atoms with Gasteiger partial charge in [-0.1, -0.05) is 140 Å². The van der Waals surface area contributed by atoms with E-state index in [-0.39, 0.29) is 8.84 Å². The number of para-hydroxylation sites is 2. The van der Waals surface area contributed by atoms with E-state index in [1.165, 1.54) is 66.3 Å². The van der Waals surface area contributed by atoms with Crippen LogP contribution in [0.4, 0.5) is 22.7 Å². The highest BCUT2D eigenvalue weighted by atomic mass is 127. The first kappa shape index (κ1) is 35.1. The molecular formula is C53H39IN3OP. The Morgan fingerprint density at radius 2 is 0.932 bits per heavy atom. The molecule has 0 saturated carbocycles. The Balaban J connectivity index is 1.18. The van der Waals surface area contributed by atoms with Crippen molar-refractivity contribution in [1.29, 1.82) is 0 Å². The highest BCUT2D eigenvalue weighted by Crippen LogP contribution is 2.70. The number of benzene rings is 8. The molecule has 6 heteroatoms. The maximum atomic E-state index is 16.4. The zero-order valence-corrected chi connectivity index (χ0v) is 35.9. The first-order valence-electron chi connectivity index (χ1n) is 20.2. The predicted molar refractivity (Wildman–Crippen MR) is 255 cm³/mol. The Labute approximate surface area is 358 Å². The Kier molecular flexibility index (Phi) is 7.33. The summed E-state index contributed by atoms with van der Waals surface area (Å²) in [6, 6.07) is 64.7. The van der Waals surface area contributed by atoms with Crippen molar-refractivity contribution < 1.29 is 4.57 Å². The highest BCUT2D eigenvalue weighted by Gasteiger charge is 2.49. The van der Waals surface area contributed by atoms with E-state index >= 15 is 4.57 Å². The average molecular weight is 892 g/mol. The lowest BCUT2D eigenvalue weighted by molar-refractivity contribution is 0.582. The highest BCUT2D eigenvalue weighted by molar-refractivity contribution is 14.1. The lowest BCUT2D eigenvalue weighted by atomic mass is 9.82. The van der Waals surface area contributed by atoms with Gasteiger partial charge in [0.2, 0.25) is 0 Å². The molecule has 12 rings (SSSR count). The van der Waals surface area contributed by atoms with Gasteiger partial charge in [0.1, 0.15) is 0 Å². The van der Waals surface area contributed by atoms with Crippen LogP contribution in [-0.2, 0) is 13.4 Å². The average Bonchev–Trinajstić information content (AvgIpc) is 3.89. The van der Waals surface area contributed by atoms with Gasteiger partial charge in [-0.25, -0.2) is 0 Å². The van der Waals surface area contributed by atoms with Gasteiger partial charge in [0.25, 0.3) is 0 Å². The topological polar surface area (TPSA) is 28.5 Å². The monoisotopic (exact) mass is 891 g/mol. The Bertz CT molecular complexity index is 3140. The van der Waals surface area contributed by atoms with Gasteiger partial charge in [-0.15, -0.1) is 0 Å². The summed E-state index contributed by atoms with van der Waals surface area (Å²) >= 11 is 2.65. The van der Waals surface area contributed by atoms with Crippen LogP contribution in [0.25, 0.3) is 49.7 Å². The number of rotatable bonds is 4. The summed E-state index contributed by atoms with van der Waals surface area (Å²) in [5.41, 5.74) is 17.4. The van der Waals surface area contributed by atoms with Gasteiger partial charge in [0, 0.05) is 33.2 Å². The normalized spacial score (nSPS) is 19.5. The number of halogens is 1. The molecule has 2 aliphatic carbocycles. The largest absolute Gasteiger partial charge is 0.309 e. The number of anilines is 4. The summed E-state index contributed by atoms with van der Waals surface area (Å²) < 4.78 is 22.9. The number of hydrogen-bond donors (Lipinski definition) is 0. The third kappa shape index (κ3) is 4.69. The minimum absolute atomic E-state index is 0.163. The number of fused-ring (bicyclic) bond motifs is 10. The van der Waals surface area contributed by atoms with Gasteiger partial charge < -0.3 is 4.57 Å². The Morgan fingerprint density at radius 3 is 1.56 bits per heavy atom. The predicted octanol–water partition coefficient (Wildman–Crippen LogP) is 14.6. The molecule has 59 heavy (non-hydrogen) atoms. The van der Waals surface area contributed by atoms with Crippen molar-refractivity contribution >= 4 is 79.9 Å². The molecule has 9 aromatic rings. The van der Waals surface area contributed by atoms with Gasteiger partial charge in [-0.05, 0) is 130 Å². The molecule has 4 nitrogen and oxygen atoms in total. The van der Waals surface area contributed by atoms with Gasteiger partial charge in [0.05, 0.1) is 31.1 Å². The zero-order chi connectivity index (χ0) is 39.8. The molecule has 0 amide bonds. The van der Waals surface area contributed by atoms with Crippen molar-refractivity contribution in [2.75, 3.05) is 9.34 Å². The summed E-state index contributed by atoms with van der Waals surface area (Å²) in [6.07, 6.45) is 0. The third-order valence-electron chi connectivity index (χ3n) is 13.1. The molecule has 3 aliphatic rings. The van der Waals surface area contributed by atoms with Crippen LogP contribution in [0.1, 0.15) is 43.0 Å². The van der Waals surface area contributed by atoms with E-state index in [9.17, 15) is 0 Å². The van der Waals surface area contributed by atoms with Crippen LogP contribution >= 0.6 is 30.0 Å². The molecular weight excluding hydrogens is 852 g/mol. The SMILES string of the molecule is CC1(C)c2ccccc2-c2cc3c4cc5c(cc4n(-c4ccc6c(c4)N(c4ccccc4)P(=O)(c4ccccc4)N6c4ccccc4)c3cc21)C(C)(I)c1ccccc1-5. The second-order valence-electron chi connectivity index (χ2n) is 16.7. The molecule has 0 radical (unpaired) electrons. The van der Waals surface area contributed by atoms with Crippen molar-refractivity contribution in [3.8, 4) is 27.9 Å². The second-order valence-corrected chi connectivity index (χ2v) is 21.3. The van der Waals surface area contributed by atoms with E-state index in [2.05, 4.69) is 173 Å². The van der Waals surface area contributed by atoms with E-state index in [4.69, 9.17) is 0 Å². The molecule has 0 spiro atoms. The number of hydrogen-bond acceptors (Lipinski definition) is 1. The van der Waals surface area contributed by atoms with Gasteiger partial charge in [-0.3, -0.25) is 13.9 Å². The lowest BCUT2D eigenvalue weighted by Gasteiger charge is -2.33. The molecule has 1 aromatic heterocycles. The summed E-state index contributed by atoms with van der Waals surface area (Å²) in [7, 11) is -3.53. The van der Waals surface area contributed by atoms with Crippen molar-refractivity contribution in [2.45, 2.75) is 29.6 Å². The van der Waals surface area contributed by atoms with Gasteiger partial charge >= 0.3 is 7.44 Å². The molecule has 8 aromatic carbocycles. The molecule has 2 heterocycles. The standard InChI is InChI=1S/C53H39IN3OP/c1-52(2)44-25-15-13-23-38(44)40-30-42-43-31-41-39-24-14-16-26-45(39)53(3,54)47(41)33-50(43)55(49(42)32-46(40)52)36-27-28-48-51(29-36)57(35-19-9-5-10-20-35)59(58,37-21-11-6-12-22-37)56(48)34-17-7-4-8-18-34/h4-33H,1-3H3. The van der Waals surface area contributed by atoms with Crippen LogP contribution < -0.4 is 14.6 Å². The summed E-state index contributed by atoms with van der Waals surface area (Å²) in [5.74, 6) is 0. The minimum atomic E-state index is -3.53. The van der Waals surface area contributed by atoms with Crippen molar-refractivity contribution in [3.63, 3.8) is 0 Å². The minimum Gasteiger partial charge on any atom is -0.309 e. The van der Waals surface area contributed by atoms with Crippen LogP contribution in [0, 0.1) is 0 Å². The zero-order valence-electron chi connectivity index (χ0n) is 32.9. The maximum absolute atomic E-state index is 16.4. The smallest absolute Gasteiger partial charge is 0.301 e. The fourth-order valence-electron chi connectivity index (χ4n) is 10.4. The summed E-state index contributed by atoms with van der Waals surface area (Å²) in [5, 5.41) is 3.24. The second kappa shape index (κ2) is 12.3.